The van der Waals surface area contributed by atoms with Gasteiger partial charge >= 0.3 is 19.8 Å². The van der Waals surface area contributed by atoms with Crippen LogP contribution in [0.25, 0.3) is 0 Å². The summed E-state index contributed by atoms with van der Waals surface area (Å²) in [5.74, 6) is -1.03. The fourth-order valence-electron chi connectivity index (χ4n) is 6.32. The molecule has 14 nitrogen and oxygen atoms in total. The molecule has 0 aromatic rings. The molecule has 0 heterocycles. The number of hydrogen-bond acceptors (Lipinski definition) is 13. The molecule has 58 heavy (non-hydrogen) atoms. The van der Waals surface area contributed by atoms with E-state index >= 15 is 0 Å². The van der Waals surface area contributed by atoms with Crippen LogP contribution >= 0.6 is 7.82 Å². The lowest BCUT2D eigenvalue weighted by Gasteiger charge is -2.41. The summed E-state index contributed by atoms with van der Waals surface area (Å²) in [6.07, 6.45) is 19.0. The Morgan fingerprint density at radius 1 is 0.569 bits per heavy atom. The summed E-state index contributed by atoms with van der Waals surface area (Å²) in [6, 6.07) is 0. The number of esters is 2. The Bertz CT molecular complexity index is 1220. The van der Waals surface area contributed by atoms with Crippen LogP contribution in [-0.4, -0.2) is 104 Å². The number of aliphatic hydroxyl groups excluding tert-OH is 5. The van der Waals surface area contributed by atoms with Gasteiger partial charge in [-0.2, -0.15) is 0 Å². The zero-order chi connectivity index (χ0) is 43.0. The monoisotopic (exact) mass is 846 g/mol. The highest BCUT2D eigenvalue weighted by Crippen LogP contribution is 2.47. The molecule has 1 aliphatic rings. The molecule has 0 saturated heterocycles. The van der Waals surface area contributed by atoms with E-state index in [1.165, 1.54) is 25.7 Å². The van der Waals surface area contributed by atoms with Crippen molar-refractivity contribution in [3.8, 4) is 0 Å². The number of ether oxygens (including phenoxy) is 2. The fourth-order valence-corrected chi connectivity index (χ4v) is 7.29. The highest BCUT2D eigenvalue weighted by molar-refractivity contribution is 7.47. The van der Waals surface area contributed by atoms with Crippen molar-refractivity contribution in [2.75, 3.05) is 13.2 Å². The number of carbonyl (C=O) groups is 3. The topological polar surface area (TPSA) is 227 Å². The van der Waals surface area contributed by atoms with Crippen LogP contribution in [0.4, 0.5) is 0 Å². The van der Waals surface area contributed by atoms with Gasteiger partial charge in [-0.1, -0.05) is 115 Å². The largest absolute Gasteiger partial charge is 0.472 e. The molecule has 8 atom stereocenters. The van der Waals surface area contributed by atoms with Gasteiger partial charge in [0.1, 0.15) is 43.2 Å². The zero-order valence-corrected chi connectivity index (χ0v) is 36.0. The van der Waals surface area contributed by atoms with Gasteiger partial charge in [0.15, 0.2) is 11.9 Å². The number of carbonyl (C=O) groups excluding carboxylic acids is 3. The second-order valence-corrected chi connectivity index (χ2v) is 16.6. The van der Waals surface area contributed by atoms with E-state index in [0.29, 0.717) is 19.3 Å². The van der Waals surface area contributed by atoms with E-state index in [1.807, 2.05) is 12.2 Å². The third-order valence-corrected chi connectivity index (χ3v) is 10.9. The predicted octanol–water partition coefficient (Wildman–Crippen LogP) is 7.01. The maximum absolute atomic E-state index is 12.8. The van der Waals surface area contributed by atoms with E-state index in [1.54, 1.807) is 12.2 Å². The summed E-state index contributed by atoms with van der Waals surface area (Å²) in [4.78, 5) is 47.3. The first-order valence-corrected chi connectivity index (χ1v) is 23.2. The highest BCUT2D eigenvalue weighted by Gasteiger charge is 2.51. The van der Waals surface area contributed by atoms with Gasteiger partial charge in [0.2, 0.25) is 0 Å². The molecule has 0 amide bonds. The number of hydrogen-bond donors (Lipinski definition) is 6. The molecule has 1 saturated carbocycles. The summed E-state index contributed by atoms with van der Waals surface area (Å²) in [5.41, 5.74) is 0. The Kier molecular flexibility index (Phi) is 31.0. The Hall–Kier alpha value is -2.26. The van der Waals surface area contributed by atoms with Gasteiger partial charge in [-0.25, -0.2) is 4.57 Å². The molecule has 6 N–H and O–H groups in total. The van der Waals surface area contributed by atoms with E-state index in [2.05, 4.69) is 26.0 Å². The summed E-state index contributed by atoms with van der Waals surface area (Å²) >= 11 is 0. The smallest absolute Gasteiger partial charge is 0.462 e. The number of phosphoric ester groups is 1. The lowest BCUT2D eigenvalue weighted by Crippen LogP contribution is -2.64. The van der Waals surface area contributed by atoms with Crippen LogP contribution < -0.4 is 0 Å². The second-order valence-electron chi connectivity index (χ2n) is 15.2. The molecular formula is C43H75O14P. The van der Waals surface area contributed by atoms with Crippen LogP contribution in [0, 0.1) is 0 Å². The SMILES string of the molecule is CCCCCC/C=C\CCCCCCCC(=O)O[C@H](COC(=O)CCCCCCC/C=C\C=C\C(=O)CCCCC)COP(=O)(O)OC1[C@H](O)[C@H](O)C(O)[C@H](O)[C@H]1O. The molecule has 336 valence electrons. The second kappa shape index (κ2) is 33.5. The van der Waals surface area contributed by atoms with Crippen molar-refractivity contribution in [3.05, 3.63) is 36.5 Å². The quantitative estimate of drug-likeness (QED) is 0.00942. The van der Waals surface area contributed by atoms with Crippen molar-refractivity contribution in [3.63, 3.8) is 0 Å². The highest BCUT2D eigenvalue weighted by atomic mass is 31.2. The van der Waals surface area contributed by atoms with Crippen molar-refractivity contribution in [1.82, 2.24) is 0 Å². The Labute approximate surface area is 346 Å². The lowest BCUT2D eigenvalue weighted by molar-refractivity contribution is -0.220. The molecule has 3 unspecified atom stereocenters. The molecule has 15 heteroatoms. The van der Waals surface area contributed by atoms with Crippen molar-refractivity contribution in [1.29, 1.82) is 0 Å². The summed E-state index contributed by atoms with van der Waals surface area (Å²) in [7, 11) is -5.13. The average molecular weight is 847 g/mol. The fraction of sp³-hybridized carbons (Fsp3) is 0.791. The van der Waals surface area contributed by atoms with Crippen LogP contribution in [0.2, 0.25) is 0 Å². The van der Waals surface area contributed by atoms with Gasteiger partial charge in [-0.3, -0.25) is 23.4 Å². The molecule has 0 bridgehead atoms. The number of aliphatic hydroxyl groups is 5. The maximum Gasteiger partial charge on any atom is 0.472 e. The maximum atomic E-state index is 12.8. The van der Waals surface area contributed by atoms with Crippen molar-refractivity contribution in [2.24, 2.45) is 0 Å². The van der Waals surface area contributed by atoms with E-state index < -0.39 is 75.7 Å². The first kappa shape index (κ1) is 53.8. The van der Waals surface area contributed by atoms with Crippen LogP contribution in [0.5, 0.6) is 0 Å². The van der Waals surface area contributed by atoms with Gasteiger partial charge in [-0.15, -0.1) is 0 Å². The Morgan fingerprint density at radius 3 is 1.62 bits per heavy atom. The molecule has 1 fully saturated rings. The normalized spacial score (nSPS) is 22.8. The third kappa shape index (κ3) is 26.1. The number of rotatable bonds is 35. The Balaban J connectivity index is 2.52. The van der Waals surface area contributed by atoms with E-state index in [9.17, 15) is 49.4 Å². The molecular weight excluding hydrogens is 771 g/mol. The standard InChI is InChI=1S/C43H75O14P/c1-3-5-7-8-9-10-11-12-13-16-20-23-27-31-37(46)56-35(33-55-58(52,53)57-43-41(50)39(48)38(47)40(49)42(43)51)32-54-36(45)30-26-22-19-17-14-15-18-21-25-29-34(44)28-24-6-4-2/h10-11,18,21,25,29,35,38-43,47-51H,3-9,12-17,19-20,22-24,26-28,30-33H2,1-2H3,(H,52,53)/b11-10-,21-18-,29-25+/t35-,38?,39-,40+,41-,42-,43?/m1/s1. The van der Waals surface area contributed by atoms with Gasteiger partial charge in [0.25, 0.3) is 0 Å². The summed E-state index contributed by atoms with van der Waals surface area (Å²) < 4.78 is 33.4. The third-order valence-electron chi connectivity index (χ3n) is 9.93. The van der Waals surface area contributed by atoms with Gasteiger partial charge in [-0.05, 0) is 63.9 Å². The molecule has 0 aromatic carbocycles. The number of ketones is 1. The Morgan fingerprint density at radius 2 is 1.03 bits per heavy atom. The minimum atomic E-state index is -5.13. The van der Waals surface area contributed by atoms with Crippen LogP contribution in [0.1, 0.15) is 162 Å². The number of unbranched alkanes of at least 4 members (excludes halogenated alkanes) is 16. The van der Waals surface area contributed by atoms with Gasteiger partial charge < -0.3 is 39.9 Å². The minimum absolute atomic E-state index is 0.0687. The van der Waals surface area contributed by atoms with Crippen LogP contribution in [0.3, 0.4) is 0 Å². The van der Waals surface area contributed by atoms with Crippen LogP contribution in [-0.2, 0) is 37.5 Å². The van der Waals surface area contributed by atoms with E-state index in [4.69, 9.17) is 18.5 Å². The van der Waals surface area contributed by atoms with Gasteiger partial charge in [0.05, 0.1) is 6.61 Å². The minimum Gasteiger partial charge on any atom is -0.462 e. The molecule has 0 radical (unpaired) electrons. The molecule has 0 spiro atoms. The van der Waals surface area contributed by atoms with E-state index in [-0.39, 0.29) is 18.6 Å². The molecule has 1 rings (SSSR count). The van der Waals surface area contributed by atoms with Crippen molar-refractivity contribution in [2.45, 2.75) is 204 Å². The molecule has 0 aromatic heterocycles. The zero-order valence-electron chi connectivity index (χ0n) is 35.1. The van der Waals surface area contributed by atoms with E-state index in [0.717, 1.165) is 89.9 Å². The van der Waals surface area contributed by atoms with Crippen LogP contribution in [0.15, 0.2) is 36.5 Å². The first-order chi connectivity index (χ1) is 27.8. The molecule has 1 aliphatic carbocycles. The summed E-state index contributed by atoms with van der Waals surface area (Å²) in [6.45, 7) is 3.07. The van der Waals surface area contributed by atoms with Gasteiger partial charge in [0, 0.05) is 19.3 Å². The number of phosphoric acid groups is 1. The summed E-state index contributed by atoms with van der Waals surface area (Å²) in [5, 5.41) is 50.0. The first-order valence-electron chi connectivity index (χ1n) is 21.7. The van der Waals surface area contributed by atoms with Crippen molar-refractivity contribution < 1.29 is 67.9 Å². The predicted molar refractivity (Wildman–Crippen MR) is 221 cm³/mol. The number of allylic oxidation sites excluding steroid dienone is 6. The lowest BCUT2D eigenvalue weighted by atomic mass is 9.85. The average Bonchev–Trinajstić information content (AvgIpc) is 3.19. The molecule has 0 aliphatic heterocycles. The van der Waals surface area contributed by atoms with Crippen molar-refractivity contribution >= 4 is 25.5 Å².